The maximum absolute atomic E-state index is 14.8. The third-order valence-electron chi connectivity index (χ3n) is 7.36. The molecule has 0 spiro atoms. The van der Waals surface area contributed by atoms with Crippen LogP contribution in [0.25, 0.3) is 0 Å². The smallest absolute Gasteiger partial charge is 0.243 e. The largest absolute Gasteiger partial charge is 0.352 e. The van der Waals surface area contributed by atoms with E-state index in [1.807, 2.05) is 63.2 Å². The molecule has 0 aromatic heterocycles. The molecule has 0 saturated heterocycles. The molecule has 2 amide bonds. The summed E-state index contributed by atoms with van der Waals surface area (Å²) < 4.78 is 41.4. The Labute approximate surface area is 249 Å². The van der Waals surface area contributed by atoms with Crippen molar-refractivity contribution in [1.29, 1.82) is 0 Å². The van der Waals surface area contributed by atoms with Gasteiger partial charge in [-0.2, -0.15) is 0 Å². The number of nitrogens with zero attached hydrogens (tertiary/aromatic N) is 2. The highest BCUT2D eigenvalue weighted by atomic mass is 32.2. The number of sulfonamides is 1. The van der Waals surface area contributed by atoms with Gasteiger partial charge in [-0.15, -0.1) is 0 Å². The lowest BCUT2D eigenvalue weighted by Gasteiger charge is -2.33. The van der Waals surface area contributed by atoms with Crippen molar-refractivity contribution in [2.75, 3.05) is 17.1 Å². The van der Waals surface area contributed by atoms with Gasteiger partial charge in [0, 0.05) is 37.5 Å². The quantitative estimate of drug-likeness (QED) is 0.252. The molecular formula is C33H42FN3O4S. The Morgan fingerprint density at radius 3 is 2.14 bits per heavy atom. The minimum absolute atomic E-state index is 0.0184. The van der Waals surface area contributed by atoms with Crippen LogP contribution in [0.4, 0.5) is 10.1 Å². The second-order valence-electron chi connectivity index (χ2n) is 10.6. The van der Waals surface area contributed by atoms with Gasteiger partial charge in [0.2, 0.25) is 21.8 Å². The van der Waals surface area contributed by atoms with Crippen LogP contribution in [0.3, 0.4) is 0 Å². The van der Waals surface area contributed by atoms with Crippen molar-refractivity contribution in [3.05, 3.63) is 101 Å². The molecule has 3 rings (SSSR count). The summed E-state index contributed by atoms with van der Waals surface area (Å²) in [7, 11) is -3.60. The molecule has 3 aromatic carbocycles. The molecule has 9 heteroatoms. The van der Waals surface area contributed by atoms with Crippen LogP contribution in [0.5, 0.6) is 0 Å². The number of rotatable bonds is 15. The Morgan fingerprint density at radius 1 is 0.905 bits per heavy atom. The van der Waals surface area contributed by atoms with Crippen LogP contribution >= 0.6 is 0 Å². The van der Waals surface area contributed by atoms with Crippen LogP contribution in [0.15, 0.2) is 78.9 Å². The highest BCUT2D eigenvalue weighted by Crippen LogP contribution is 2.21. The van der Waals surface area contributed by atoms with Crippen LogP contribution < -0.4 is 9.62 Å². The number of benzene rings is 3. The fourth-order valence-corrected chi connectivity index (χ4v) is 5.67. The van der Waals surface area contributed by atoms with E-state index in [9.17, 15) is 22.4 Å². The number of halogens is 1. The molecule has 42 heavy (non-hydrogen) atoms. The Bertz CT molecular complexity index is 1410. The van der Waals surface area contributed by atoms with Crippen molar-refractivity contribution >= 4 is 27.5 Å². The summed E-state index contributed by atoms with van der Waals surface area (Å²) in [6.45, 7) is 5.88. The van der Waals surface area contributed by atoms with Crippen LogP contribution in [-0.4, -0.2) is 50.0 Å². The molecule has 7 nitrogen and oxygen atoms in total. The van der Waals surface area contributed by atoms with Crippen molar-refractivity contribution in [3.8, 4) is 0 Å². The molecular weight excluding hydrogens is 553 g/mol. The molecule has 3 aromatic rings. The fraction of sp³-hybridized carbons (Fsp3) is 0.394. The van der Waals surface area contributed by atoms with Gasteiger partial charge in [0.25, 0.3) is 0 Å². The molecule has 0 aliphatic heterocycles. The predicted molar refractivity (Wildman–Crippen MR) is 166 cm³/mol. The van der Waals surface area contributed by atoms with Gasteiger partial charge in [-0.3, -0.25) is 13.9 Å². The fourth-order valence-electron chi connectivity index (χ4n) is 4.71. The van der Waals surface area contributed by atoms with E-state index in [0.29, 0.717) is 17.7 Å². The summed E-state index contributed by atoms with van der Waals surface area (Å²) in [6, 6.07) is 21.9. The minimum atomic E-state index is -3.60. The first-order valence-electron chi connectivity index (χ1n) is 14.5. The summed E-state index contributed by atoms with van der Waals surface area (Å²) in [6.07, 6.45) is 3.15. The number of anilines is 1. The van der Waals surface area contributed by atoms with Crippen molar-refractivity contribution in [2.45, 2.75) is 71.5 Å². The zero-order valence-corrected chi connectivity index (χ0v) is 25.7. The van der Waals surface area contributed by atoms with Gasteiger partial charge in [-0.05, 0) is 55.5 Å². The number of aryl methyl sites for hydroxylation is 1. The zero-order chi connectivity index (χ0) is 30.7. The molecule has 0 heterocycles. The standard InChI is InChI=1S/C33H42FN3O4S/c1-5-25(3)35-33(39)31(23-27-13-8-7-9-14-27)36(24-28-15-10-11-16-30(28)34)32(38)17-12-22-37(42(4,40)41)29-20-18-26(6-2)19-21-29/h7-11,13-16,18-21,25,31H,5-6,12,17,22-24H2,1-4H3,(H,35,39)/t25-,31-/m0/s1. The lowest BCUT2D eigenvalue weighted by atomic mass is 10.0. The monoisotopic (exact) mass is 595 g/mol. The number of hydrogen-bond donors (Lipinski definition) is 1. The van der Waals surface area contributed by atoms with Crippen LogP contribution in [0, 0.1) is 5.82 Å². The van der Waals surface area contributed by atoms with Crippen molar-refractivity contribution in [1.82, 2.24) is 10.2 Å². The van der Waals surface area contributed by atoms with Gasteiger partial charge in [0.15, 0.2) is 0 Å². The first-order valence-corrected chi connectivity index (χ1v) is 16.3. The van der Waals surface area contributed by atoms with Gasteiger partial charge in [-0.25, -0.2) is 12.8 Å². The normalized spacial score (nSPS) is 12.8. The van der Waals surface area contributed by atoms with Crippen molar-refractivity contribution in [3.63, 3.8) is 0 Å². The molecule has 0 saturated carbocycles. The Kier molecular flexibility index (Phi) is 12.1. The van der Waals surface area contributed by atoms with E-state index in [1.165, 1.54) is 15.3 Å². The van der Waals surface area contributed by atoms with E-state index in [2.05, 4.69) is 5.32 Å². The van der Waals surface area contributed by atoms with E-state index >= 15 is 0 Å². The number of hydrogen-bond acceptors (Lipinski definition) is 4. The highest BCUT2D eigenvalue weighted by molar-refractivity contribution is 7.92. The second-order valence-corrected chi connectivity index (χ2v) is 12.5. The minimum Gasteiger partial charge on any atom is -0.352 e. The van der Waals surface area contributed by atoms with E-state index in [4.69, 9.17) is 0 Å². The van der Waals surface area contributed by atoms with Gasteiger partial charge >= 0.3 is 0 Å². The third kappa shape index (κ3) is 9.41. The molecule has 0 radical (unpaired) electrons. The average molecular weight is 596 g/mol. The van der Waals surface area contributed by atoms with E-state index < -0.39 is 21.9 Å². The van der Waals surface area contributed by atoms with Crippen molar-refractivity contribution < 1.29 is 22.4 Å². The lowest BCUT2D eigenvalue weighted by molar-refractivity contribution is -0.141. The SMILES string of the molecule is CCc1ccc(N(CCCC(=O)N(Cc2ccccc2F)[C@@H](Cc2ccccc2)C(=O)N[C@@H](C)CC)S(C)(=O)=O)cc1. The summed E-state index contributed by atoms with van der Waals surface area (Å²) in [5.41, 5.74) is 2.78. The van der Waals surface area contributed by atoms with Crippen LogP contribution in [-0.2, 0) is 39.0 Å². The lowest BCUT2D eigenvalue weighted by Crippen LogP contribution is -2.52. The maximum Gasteiger partial charge on any atom is 0.243 e. The summed E-state index contributed by atoms with van der Waals surface area (Å²) in [5, 5.41) is 3.00. The van der Waals surface area contributed by atoms with Gasteiger partial charge in [-0.1, -0.05) is 74.5 Å². The Hall–Kier alpha value is -3.72. The maximum atomic E-state index is 14.8. The van der Waals surface area contributed by atoms with Gasteiger partial charge in [0.05, 0.1) is 11.9 Å². The van der Waals surface area contributed by atoms with Crippen LogP contribution in [0.2, 0.25) is 0 Å². The first kappa shape index (κ1) is 32.8. The molecule has 226 valence electrons. The molecule has 0 aliphatic rings. The summed E-state index contributed by atoms with van der Waals surface area (Å²) in [5.74, 6) is -1.13. The zero-order valence-electron chi connectivity index (χ0n) is 24.9. The second kappa shape index (κ2) is 15.5. The number of amides is 2. The molecule has 0 unspecified atom stereocenters. The Balaban J connectivity index is 1.89. The van der Waals surface area contributed by atoms with E-state index in [1.54, 1.807) is 30.3 Å². The highest BCUT2D eigenvalue weighted by Gasteiger charge is 2.31. The van der Waals surface area contributed by atoms with Crippen molar-refractivity contribution in [2.24, 2.45) is 0 Å². The summed E-state index contributed by atoms with van der Waals surface area (Å²) >= 11 is 0. The third-order valence-corrected chi connectivity index (χ3v) is 8.55. The van der Waals surface area contributed by atoms with Gasteiger partial charge < -0.3 is 10.2 Å². The topological polar surface area (TPSA) is 86.8 Å². The number of carbonyl (C=O) groups is 2. The van der Waals surface area contributed by atoms with Gasteiger partial charge in [0.1, 0.15) is 11.9 Å². The van der Waals surface area contributed by atoms with E-state index in [0.717, 1.165) is 23.8 Å². The Morgan fingerprint density at radius 2 is 1.55 bits per heavy atom. The van der Waals surface area contributed by atoms with Crippen LogP contribution in [0.1, 0.15) is 56.7 Å². The molecule has 2 atom stereocenters. The molecule has 0 fully saturated rings. The molecule has 0 bridgehead atoms. The molecule has 1 N–H and O–H groups in total. The molecule has 0 aliphatic carbocycles. The first-order chi connectivity index (χ1) is 20.0. The summed E-state index contributed by atoms with van der Waals surface area (Å²) in [4.78, 5) is 28.9. The predicted octanol–water partition coefficient (Wildman–Crippen LogP) is 5.49. The number of carbonyl (C=O) groups excluding carboxylic acids is 2. The van der Waals surface area contributed by atoms with E-state index in [-0.39, 0.29) is 50.2 Å². The number of nitrogens with one attached hydrogen (secondary N) is 1. The average Bonchev–Trinajstić information content (AvgIpc) is 2.97.